The van der Waals surface area contributed by atoms with Gasteiger partial charge in [0.1, 0.15) is 0 Å². The van der Waals surface area contributed by atoms with Crippen molar-refractivity contribution >= 4 is 17.8 Å². The van der Waals surface area contributed by atoms with Gasteiger partial charge in [-0.15, -0.1) is 0 Å². The second-order valence-corrected chi connectivity index (χ2v) is 1.07. The summed E-state index contributed by atoms with van der Waals surface area (Å²) in [5, 5.41) is 0. The first-order valence-electron chi connectivity index (χ1n) is 2.06. The van der Waals surface area contributed by atoms with E-state index in [-0.39, 0.29) is 0 Å². The monoisotopic (exact) mass is 137 g/mol. The van der Waals surface area contributed by atoms with E-state index in [0.717, 1.165) is 6.07 Å². The Bertz CT molecular complexity index is 65.7. The molecule has 0 bridgehead atoms. The molecule has 0 amide bonds. The van der Waals surface area contributed by atoms with Crippen molar-refractivity contribution in [2.24, 2.45) is 0 Å². The zero-order valence-corrected chi connectivity index (χ0v) is 5.14. The SMILES string of the molecule is CCOC(=O)O[CH]Cl. The number of carbonyl (C=O) groups is 1. The molecule has 0 rings (SSSR count). The first kappa shape index (κ1) is 7.56. The van der Waals surface area contributed by atoms with Crippen molar-refractivity contribution in [3.63, 3.8) is 0 Å². The van der Waals surface area contributed by atoms with Gasteiger partial charge in [-0.1, -0.05) is 11.6 Å². The van der Waals surface area contributed by atoms with E-state index >= 15 is 0 Å². The molecule has 0 saturated carbocycles. The van der Waals surface area contributed by atoms with E-state index in [2.05, 4.69) is 9.47 Å². The normalized spacial score (nSPS) is 8.25. The van der Waals surface area contributed by atoms with Crippen molar-refractivity contribution in [1.82, 2.24) is 0 Å². The second-order valence-electron chi connectivity index (χ2n) is 0.890. The van der Waals surface area contributed by atoms with Crippen LogP contribution in [0.3, 0.4) is 0 Å². The van der Waals surface area contributed by atoms with Gasteiger partial charge in [0, 0.05) is 0 Å². The Balaban J connectivity index is 3.06. The highest BCUT2D eigenvalue weighted by molar-refractivity contribution is 6.22. The first-order valence-corrected chi connectivity index (χ1v) is 2.50. The van der Waals surface area contributed by atoms with E-state index in [9.17, 15) is 4.79 Å². The molecule has 4 heteroatoms. The molecule has 8 heavy (non-hydrogen) atoms. The maximum absolute atomic E-state index is 10.1. The van der Waals surface area contributed by atoms with Crippen molar-refractivity contribution in [2.45, 2.75) is 6.92 Å². The van der Waals surface area contributed by atoms with Crippen molar-refractivity contribution in [3.8, 4) is 0 Å². The summed E-state index contributed by atoms with van der Waals surface area (Å²) >= 11 is 4.88. The van der Waals surface area contributed by atoms with Gasteiger partial charge < -0.3 is 9.47 Å². The average Bonchev–Trinajstić information content (AvgIpc) is 1.68. The zero-order chi connectivity index (χ0) is 6.41. The third kappa shape index (κ3) is 3.74. The van der Waals surface area contributed by atoms with Crippen LogP contribution in [0.5, 0.6) is 0 Å². The third-order valence-corrected chi connectivity index (χ3v) is 0.492. The number of hydrogen-bond donors (Lipinski definition) is 0. The third-order valence-electron chi connectivity index (χ3n) is 0.403. The molecule has 1 radical (unpaired) electrons. The van der Waals surface area contributed by atoms with E-state index in [0.29, 0.717) is 6.61 Å². The molecule has 0 atom stereocenters. The minimum atomic E-state index is -0.775. The van der Waals surface area contributed by atoms with Gasteiger partial charge >= 0.3 is 6.16 Å². The van der Waals surface area contributed by atoms with E-state index in [1.165, 1.54) is 0 Å². The minimum Gasteiger partial charge on any atom is -0.435 e. The fraction of sp³-hybridized carbons (Fsp3) is 0.500. The molecular weight excluding hydrogens is 131 g/mol. The Morgan fingerprint density at radius 3 is 2.88 bits per heavy atom. The molecule has 0 aliphatic rings. The van der Waals surface area contributed by atoms with Crippen LogP contribution in [-0.4, -0.2) is 12.8 Å². The van der Waals surface area contributed by atoms with Crippen LogP contribution in [0.25, 0.3) is 0 Å². The molecule has 3 nitrogen and oxygen atoms in total. The van der Waals surface area contributed by atoms with Gasteiger partial charge in [0.05, 0.1) is 6.61 Å². The van der Waals surface area contributed by atoms with Crippen molar-refractivity contribution in [2.75, 3.05) is 6.61 Å². The van der Waals surface area contributed by atoms with Gasteiger partial charge in [-0.2, -0.15) is 0 Å². The summed E-state index contributed by atoms with van der Waals surface area (Å²) in [6, 6.07) is 0.748. The van der Waals surface area contributed by atoms with Crippen LogP contribution >= 0.6 is 11.6 Å². The first-order chi connectivity index (χ1) is 3.81. The summed E-state index contributed by atoms with van der Waals surface area (Å²) in [7, 11) is 0. The number of halogens is 1. The summed E-state index contributed by atoms with van der Waals surface area (Å²) in [5.74, 6) is 0. The van der Waals surface area contributed by atoms with Gasteiger partial charge in [0.15, 0.2) is 0 Å². The van der Waals surface area contributed by atoms with Gasteiger partial charge in [-0.05, 0) is 6.92 Å². The molecular formula is C4H6ClO3. The number of hydrogen-bond acceptors (Lipinski definition) is 3. The van der Waals surface area contributed by atoms with Crippen LogP contribution in [0.2, 0.25) is 0 Å². The van der Waals surface area contributed by atoms with Crippen molar-refractivity contribution < 1.29 is 14.3 Å². The smallest absolute Gasteiger partial charge is 0.435 e. The summed E-state index contributed by atoms with van der Waals surface area (Å²) in [6.45, 7) is 1.97. The zero-order valence-electron chi connectivity index (χ0n) is 4.39. The summed E-state index contributed by atoms with van der Waals surface area (Å²) in [4.78, 5) is 10.1. The lowest BCUT2D eigenvalue weighted by Crippen LogP contribution is -2.02. The van der Waals surface area contributed by atoms with Crippen LogP contribution in [0.4, 0.5) is 4.79 Å². The molecule has 0 aromatic rings. The fourth-order valence-corrected chi connectivity index (χ4v) is 0.261. The molecule has 0 aromatic carbocycles. The molecule has 0 heterocycles. The standard InChI is InChI=1S/C4H6ClO3/c1-2-7-4(6)8-3-5/h3H,2H2,1H3. The predicted molar refractivity (Wildman–Crippen MR) is 28.3 cm³/mol. The topological polar surface area (TPSA) is 35.5 Å². The Labute approximate surface area is 52.5 Å². The van der Waals surface area contributed by atoms with E-state index in [1.54, 1.807) is 6.92 Å². The van der Waals surface area contributed by atoms with Crippen molar-refractivity contribution in [3.05, 3.63) is 6.07 Å². The van der Waals surface area contributed by atoms with Gasteiger partial charge in [0.2, 0.25) is 6.07 Å². The maximum Gasteiger partial charge on any atom is 0.509 e. The highest BCUT2D eigenvalue weighted by atomic mass is 35.5. The van der Waals surface area contributed by atoms with Gasteiger partial charge in [-0.25, -0.2) is 4.79 Å². The molecule has 0 aromatic heterocycles. The largest absolute Gasteiger partial charge is 0.509 e. The Kier molecular flexibility index (Phi) is 4.45. The minimum absolute atomic E-state index is 0.295. The van der Waals surface area contributed by atoms with Crippen LogP contribution < -0.4 is 0 Å². The lowest BCUT2D eigenvalue weighted by Gasteiger charge is -1.96. The average molecular weight is 138 g/mol. The highest BCUT2D eigenvalue weighted by Crippen LogP contribution is 1.90. The van der Waals surface area contributed by atoms with E-state index < -0.39 is 6.16 Å². The molecule has 47 valence electrons. The summed E-state index contributed by atoms with van der Waals surface area (Å²) in [6.07, 6.45) is -0.775. The van der Waals surface area contributed by atoms with Crippen LogP contribution in [-0.2, 0) is 9.47 Å². The van der Waals surface area contributed by atoms with Crippen LogP contribution in [0.15, 0.2) is 0 Å². The number of carbonyl (C=O) groups excluding carboxylic acids is 1. The highest BCUT2D eigenvalue weighted by Gasteiger charge is 1.97. The molecule has 0 aliphatic carbocycles. The predicted octanol–water partition coefficient (Wildman–Crippen LogP) is 1.52. The van der Waals surface area contributed by atoms with Crippen molar-refractivity contribution in [1.29, 1.82) is 0 Å². The van der Waals surface area contributed by atoms with Crippen LogP contribution in [0.1, 0.15) is 6.92 Å². The Morgan fingerprint density at radius 2 is 2.50 bits per heavy atom. The number of rotatable bonds is 2. The summed E-state index contributed by atoms with van der Waals surface area (Å²) in [5.41, 5.74) is 0. The molecule has 0 aliphatic heterocycles. The van der Waals surface area contributed by atoms with Gasteiger partial charge in [-0.3, -0.25) is 0 Å². The van der Waals surface area contributed by atoms with Gasteiger partial charge in [0.25, 0.3) is 0 Å². The summed E-state index contributed by atoms with van der Waals surface area (Å²) < 4.78 is 8.37. The maximum atomic E-state index is 10.1. The molecule has 0 unspecified atom stereocenters. The second kappa shape index (κ2) is 4.71. The van der Waals surface area contributed by atoms with E-state index in [1.807, 2.05) is 0 Å². The molecule has 0 N–H and O–H groups in total. The molecule has 0 fully saturated rings. The lowest BCUT2D eigenvalue weighted by atomic mass is 10.9. The molecule has 0 spiro atoms. The van der Waals surface area contributed by atoms with E-state index in [4.69, 9.17) is 11.6 Å². The Morgan fingerprint density at radius 1 is 1.88 bits per heavy atom. The molecule has 0 saturated heterocycles. The Hall–Kier alpha value is -0.440. The fourth-order valence-electron chi connectivity index (χ4n) is 0.188. The number of ether oxygens (including phenoxy) is 2. The quantitative estimate of drug-likeness (QED) is 0.542. The van der Waals surface area contributed by atoms with Crippen LogP contribution in [0, 0.1) is 6.07 Å². The lowest BCUT2D eigenvalue weighted by molar-refractivity contribution is 0.0845.